The molecule has 1 aromatic carbocycles. The molecule has 0 aromatic heterocycles. The number of thioether (sulfide) groups is 1. The van der Waals surface area contributed by atoms with Crippen molar-refractivity contribution >= 4 is 23.6 Å². The number of nitrogens with one attached hydrogen (secondary N) is 2. The molecule has 0 spiro atoms. The smallest absolute Gasteiger partial charge is 0.308 e. The van der Waals surface area contributed by atoms with Gasteiger partial charge in [0.2, 0.25) is 5.91 Å². The summed E-state index contributed by atoms with van der Waals surface area (Å²) in [6.07, 6.45) is 0.381. The zero-order valence-electron chi connectivity index (χ0n) is 13.7. The van der Waals surface area contributed by atoms with Crippen LogP contribution in [0.3, 0.4) is 0 Å². The number of carbonyl (C=O) groups excluding carboxylic acids is 2. The van der Waals surface area contributed by atoms with Crippen LogP contribution in [-0.4, -0.2) is 42.6 Å². The second-order valence-corrected chi connectivity index (χ2v) is 6.76. The molecule has 0 radical (unpaired) electrons. The molecule has 1 amide bonds. The quantitative estimate of drug-likeness (QED) is 0.734. The third-order valence-electron chi connectivity index (χ3n) is 3.71. The first-order chi connectivity index (χ1) is 11.6. The van der Waals surface area contributed by atoms with E-state index in [2.05, 4.69) is 10.6 Å². The molecular formula is C17H23FN2O3S. The molecule has 24 heavy (non-hydrogen) atoms. The fraction of sp³-hybridized carbons (Fsp3) is 0.529. The van der Waals surface area contributed by atoms with Gasteiger partial charge in [-0.3, -0.25) is 9.59 Å². The normalized spacial score (nSPS) is 18.7. The zero-order chi connectivity index (χ0) is 17.4. The monoisotopic (exact) mass is 354 g/mol. The molecule has 2 N–H and O–H groups in total. The average Bonchev–Trinajstić information content (AvgIpc) is 2.56. The molecule has 0 bridgehead atoms. The molecule has 1 aliphatic heterocycles. The van der Waals surface area contributed by atoms with E-state index < -0.39 is 12.0 Å². The Morgan fingerprint density at radius 2 is 2.17 bits per heavy atom. The first-order valence-electron chi connectivity index (χ1n) is 8.10. The van der Waals surface area contributed by atoms with Crippen LogP contribution in [0.5, 0.6) is 0 Å². The number of rotatable bonds is 7. The van der Waals surface area contributed by atoms with Gasteiger partial charge in [0.25, 0.3) is 0 Å². The molecule has 7 heteroatoms. The van der Waals surface area contributed by atoms with Gasteiger partial charge in [0.05, 0.1) is 19.1 Å². The van der Waals surface area contributed by atoms with Crippen molar-refractivity contribution in [2.45, 2.75) is 31.8 Å². The van der Waals surface area contributed by atoms with Gasteiger partial charge >= 0.3 is 5.97 Å². The maximum absolute atomic E-state index is 13.1. The Labute approximate surface area is 145 Å². The summed E-state index contributed by atoms with van der Waals surface area (Å²) in [5.41, 5.74) is 0.684. The summed E-state index contributed by atoms with van der Waals surface area (Å²) in [5.74, 6) is 1.07. The fourth-order valence-electron chi connectivity index (χ4n) is 2.56. The number of carbonyl (C=O) groups is 2. The van der Waals surface area contributed by atoms with E-state index in [1.807, 2.05) is 11.8 Å². The maximum atomic E-state index is 13.1. The lowest BCUT2D eigenvalue weighted by Crippen LogP contribution is -2.42. The first-order valence-corrected chi connectivity index (χ1v) is 9.25. The number of hydrogen-bond donors (Lipinski definition) is 2. The fourth-order valence-corrected chi connectivity index (χ4v) is 3.51. The average molecular weight is 354 g/mol. The van der Waals surface area contributed by atoms with E-state index in [9.17, 15) is 14.0 Å². The van der Waals surface area contributed by atoms with E-state index in [1.165, 1.54) is 12.1 Å². The van der Waals surface area contributed by atoms with Crippen molar-refractivity contribution in [1.29, 1.82) is 0 Å². The van der Waals surface area contributed by atoms with E-state index in [4.69, 9.17) is 4.74 Å². The third kappa shape index (κ3) is 6.13. The largest absolute Gasteiger partial charge is 0.466 e. The van der Waals surface area contributed by atoms with E-state index in [0.717, 1.165) is 18.1 Å². The third-order valence-corrected chi connectivity index (χ3v) is 4.84. The van der Waals surface area contributed by atoms with Crippen molar-refractivity contribution in [2.24, 2.45) is 0 Å². The second-order valence-electron chi connectivity index (χ2n) is 5.61. The van der Waals surface area contributed by atoms with Crippen LogP contribution in [0.25, 0.3) is 0 Å². The number of ether oxygens (including phenoxy) is 1. The summed E-state index contributed by atoms with van der Waals surface area (Å²) in [4.78, 5) is 24.1. The van der Waals surface area contributed by atoms with Crippen molar-refractivity contribution in [2.75, 3.05) is 24.7 Å². The number of benzene rings is 1. The molecule has 2 atom stereocenters. The van der Waals surface area contributed by atoms with E-state index in [0.29, 0.717) is 12.0 Å². The summed E-state index contributed by atoms with van der Waals surface area (Å²) in [6.45, 7) is 2.91. The summed E-state index contributed by atoms with van der Waals surface area (Å²) in [5, 5.41) is 6.19. The van der Waals surface area contributed by atoms with Crippen LogP contribution in [-0.2, 0) is 14.3 Å². The first kappa shape index (κ1) is 18.7. The predicted octanol–water partition coefficient (Wildman–Crippen LogP) is 2.03. The van der Waals surface area contributed by atoms with Crippen molar-refractivity contribution in [3.05, 3.63) is 35.6 Å². The Bertz CT molecular complexity index is 547. The van der Waals surface area contributed by atoms with Crippen molar-refractivity contribution in [3.63, 3.8) is 0 Å². The molecule has 1 saturated heterocycles. The zero-order valence-corrected chi connectivity index (χ0v) is 14.5. The van der Waals surface area contributed by atoms with Gasteiger partial charge < -0.3 is 15.4 Å². The van der Waals surface area contributed by atoms with Gasteiger partial charge in [0.15, 0.2) is 0 Å². The van der Waals surface area contributed by atoms with Crippen molar-refractivity contribution in [3.8, 4) is 0 Å². The highest BCUT2D eigenvalue weighted by Gasteiger charge is 2.22. The second kappa shape index (κ2) is 9.64. The SMILES string of the molecule is CCOC(=O)CC(NC(=O)CC1CSCCN1)c1ccc(F)cc1. The molecule has 2 rings (SSSR count). The van der Waals surface area contributed by atoms with Crippen LogP contribution in [0, 0.1) is 5.82 Å². The van der Waals surface area contributed by atoms with Gasteiger partial charge in [-0.1, -0.05) is 12.1 Å². The van der Waals surface area contributed by atoms with E-state index in [1.54, 1.807) is 19.1 Å². The van der Waals surface area contributed by atoms with Crippen LogP contribution in [0.4, 0.5) is 4.39 Å². The highest BCUT2D eigenvalue weighted by molar-refractivity contribution is 7.99. The summed E-state index contributed by atoms with van der Waals surface area (Å²) in [7, 11) is 0. The molecule has 1 heterocycles. The van der Waals surface area contributed by atoms with E-state index >= 15 is 0 Å². The van der Waals surface area contributed by atoms with Gasteiger partial charge in [-0.2, -0.15) is 11.8 Å². The van der Waals surface area contributed by atoms with E-state index in [-0.39, 0.29) is 30.8 Å². The maximum Gasteiger partial charge on any atom is 0.308 e. The van der Waals surface area contributed by atoms with Crippen molar-refractivity contribution < 1.29 is 18.7 Å². The number of amides is 1. The molecule has 1 aromatic rings. The van der Waals surface area contributed by atoms with Crippen LogP contribution in [0.2, 0.25) is 0 Å². The Morgan fingerprint density at radius 3 is 2.79 bits per heavy atom. The summed E-state index contributed by atoms with van der Waals surface area (Å²) in [6, 6.07) is 5.41. The highest BCUT2D eigenvalue weighted by atomic mass is 32.2. The van der Waals surface area contributed by atoms with Crippen LogP contribution < -0.4 is 10.6 Å². The van der Waals surface area contributed by atoms with Gasteiger partial charge in [-0.25, -0.2) is 4.39 Å². The minimum absolute atomic E-state index is 0.0259. The van der Waals surface area contributed by atoms with Crippen molar-refractivity contribution in [1.82, 2.24) is 10.6 Å². The molecule has 132 valence electrons. The Balaban J connectivity index is 1.99. The highest BCUT2D eigenvalue weighted by Crippen LogP contribution is 2.19. The van der Waals surface area contributed by atoms with Gasteiger partial charge in [0.1, 0.15) is 5.82 Å². The molecule has 2 unspecified atom stereocenters. The lowest BCUT2D eigenvalue weighted by atomic mass is 10.0. The molecule has 0 saturated carbocycles. The Morgan fingerprint density at radius 1 is 1.42 bits per heavy atom. The van der Waals surface area contributed by atoms with Crippen LogP contribution in [0.15, 0.2) is 24.3 Å². The number of esters is 1. The van der Waals surface area contributed by atoms with Gasteiger partial charge in [-0.05, 0) is 24.6 Å². The number of hydrogen-bond acceptors (Lipinski definition) is 5. The van der Waals surface area contributed by atoms with Crippen LogP contribution >= 0.6 is 11.8 Å². The molecule has 1 aliphatic rings. The minimum atomic E-state index is -0.520. The molecular weight excluding hydrogens is 331 g/mol. The number of halogens is 1. The summed E-state index contributed by atoms with van der Waals surface area (Å²) < 4.78 is 18.1. The molecule has 1 fully saturated rings. The van der Waals surface area contributed by atoms with Gasteiger partial charge in [0, 0.05) is 30.5 Å². The van der Waals surface area contributed by atoms with Crippen LogP contribution in [0.1, 0.15) is 31.4 Å². The summed E-state index contributed by atoms with van der Waals surface area (Å²) >= 11 is 1.82. The van der Waals surface area contributed by atoms with Gasteiger partial charge in [-0.15, -0.1) is 0 Å². The Kier molecular flexibility index (Phi) is 7.52. The Hall–Kier alpha value is -1.60. The molecule has 0 aliphatic carbocycles. The minimum Gasteiger partial charge on any atom is -0.466 e. The lowest BCUT2D eigenvalue weighted by Gasteiger charge is -2.24. The standard InChI is InChI=1S/C17H23FN2O3S/c1-2-23-17(22)10-15(12-3-5-13(18)6-4-12)20-16(21)9-14-11-24-8-7-19-14/h3-6,14-15,19H,2,7-11H2,1H3,(H,20,21). The molecule has 5 nitrogen and oxygen atoms in total. The predicted molar refractivity (Wildman–Crippen MR) is 92.3 cm³/mol. The topological polar surface area (TPSA) is 67.4 Å². The lowest BCUT2D eigenvalue weighted by molar-refractivity contribution is -0.143.